The van der Waals surface area contributed by atoms with Crippen LogP contribution in [0.5, 0.6) is 0 Å². The molecule has 4 rings (SSSR count). The van der Waals surface area contributed by atoms with Gasteiger partial charge in [-0.25, -0.2) is 4.79 Å². The summed E-state index contributed by atoms with van der Waals surface area (Å²) in [6, 6.07) is 19.2. The smallest absolute Gasteiger partial charge is 0.337 e. The molecule has 2 aromatic carbocycles. The highest BCUT2D eigenvalue weighted by molar-refractivity contribution is 9.10. The Hall–Kier alpha value is -3.12. The van der Waals surface area contributed by atoms with Gasteiger partial charge in [0.2, 0.25) is 0 Å². The van der Waals surface area contributed by atoms with E-state index in [1.807, 2.05) is 36.4 Å². The van der Waals surface area contributed by atoms with Crippen LogP contribution in [-0.4, -0.2) is 23.3 Å². The monoisotopic (exact) mass is 436 g/mol. The Bertz CT molecular complexity index is 1080. The van der Waals surface area contributed by atoms with Crippen molar-refractivity contribution in [3.63, 3.8) is 0 Å². The molecule has 0 radical (unpaired) electrons. The number of aromatic nitrogens is 2. The summed E-state index contributed by atoms with van der Waals surface area (Å²) < 4.78 is 11.4. The van der Waals surface area contributed by atoms with Crippen molar-refractivity contribution in [2.45, 2.75) is 6.42 Å². The molecule has 0 aliphatic heterocycles. The highest BCUT2D eigenvalue weighted by Crippen LogP contribution is 2.32. The van der Waals surface area contributed by atoms with Crippen molar-refractivity contribution in [3.8, 4) is 22.7 Å². The number of rotatable bonds is 5. The molecule has 6 heteroatoms. The van der Waals surface area contributed by atoms with Crippen LogP contribution in [-0.2, 0) is 11.2 Å². The minimum absolute atomic E-state index is 0.361. The molecule has 0 amide bonds. The van der Waals surface area contributed by atoms with Crippen molar-refractivity contribution in [2.24, 2.45) is 0 Å². The van der Waals surface area contributed by atoms with Gasteiger partial charge in [-0.05, 0) is 42.0 Å². The molecule has 0 aliphatic carbocycles. The summed E-state index contributed by atoms with van der Waals surface area (Å²) >= 11 is 3.47. The molecule has 140 valence electrons. The number of carbonyl (C=O) groups excluding carboxylic acids is 1. The van der Waals surface area contributed by atoms with Crippen LogP contribution in [0.2, 0.25) is 0 Å². The number of hydrogen-bond donors (Lipinski definition) is 1. The van der Waals surface area contributed by atoms with Crippen molar-refractivity contribution < 1.29 is 13.9 Å². The van der Waals surface area contributed by atoms with Gasteiger partial charge in [0.25, 0.3) is 0 Å². The van der Waals surface area contributed by atoms with Crippen LogP contribution in [0.4, 0.5) is 0 Å². The molecule has 0 spiro atoms. The Kier molecular flexibility index (Phi) is 5.12. The normalized spacial score (nSPS) is 10.8. The molecular weight excluding hydrogens is 420 g/mol. The van der Waals surface area contributed by atoms with E-state index in [0.29, 0.717) is 12.0 Å². The van der Waals surface area contributed by atoms with Crippen LogP contribution < -0.4 is 0 Å². The summed E-state index contributed by atoms with van der Waals surface area (Å²) in [5, 5.41) is 7.65. The predicted molar refractivity (Wildman–Crippen MR) is 110 cm³/mol. The Labute approximate surface area is 170 Å². The van der Waals surface area contributed by atoms with E-state index in [9.17, 15) is 4.79 Å². The van der Waals surface area contributed by atoms with Crippen molar-refractivity contribution in [3.05, 3.63) is 88.1 Å². The summed E-state index contributed by atoms with van der Waals surface area (Å²) in [6.45, 7) is 0. The molecule has 0 fully saturated rings. The van der Waals surface area contributed by atoms with Gasteiger partial charge in [0.15, 0.2) is 5.76 Å². The molecule has 2 aromatic heterocycles. The van der Waals surface area contributed by atoms with Crippen LogP contribution in [0.3, 0.4) is 0 Å². The fourth-order valence-electron chi connectivity index (χ4n) is 3.09. The first kappa shape index (κ1) is 18.3. The minimum atomic E-state index is -0.361. The first-order valence-electron chi connectivity index (χ1n) is 8.70. The van der Waals surface area contributed by atoms with Crippen LogP contribution in [0.15, 0.2) is 75.8 Å². The van der Waals surface area contributed by atoms with Crippen LogP contribution in [0, 0.1) is 0 Å². The first-order chi connectivity index (χ1) is 13.7. The van der Waals surface area contributed by atoms with Gasteiger partial charge in [-0.15, -0.1) is 0 Å². The van der Waals surface area contributed by atoms with E-state index in [1.54, 1.807) is 18.4 Å². The zero-order chi connectivity index (χ0) is 19.5. The van der Waals surface area contributed by atoms with Gasteiger partial charge in [0, 0.05) is 22.0 Å². The number of furan rings is 1. The second-order valence-electron chi connectivity index (χ2n) is 6.28. The highest BCUT2D eigenvalue weighted by atomic mass is 79.9. The van der Waals surface area contributed by atoms with Gasteiger partial charge in [0.05, 0.1) is 24.6 Å². The van der Waals surface area contributed by atoms with Gasteiger partial charge in [-0.1, -0.05) is 40.2 Å². The Morgan fingerprint density at radius 3 is 2.50 bits per heavy atom. The number of esters is 1. The average molecular weight is 437 g/mol. The molecule has 0 aliphatic rings. The number of aromatic amines is 1. The number of benzene rings is 2. The molecule has 5 nitrogen and oxygen atoms in total. The number of nitrogens with one attached hydrogen (secondary N) is 1. The van der Waals surface area contributed by atoms with Crippen LogP contribution >= 0.6 is 15.9 Å². The summed E-state index contributed by atoms with van der Waals surface area (Å²) in [4.78, 5) is 11.7. The predicted octanol–water partition coefficient (Wildman–Crippen LogP) is 5.48. The zero-order valence-electron chi connectivity index (χ0n) is 15.1. The number of hydrogen-bond acceptors (Lipinski definition) is 4. The third-order valence-electron chi connectivity index (χ3n) is 4.51. The third-order valence-corrected chi connectivity index (χ3v) is 5.04. The molecule has 0 bridgehead atoms. The molecule has 2 heterocycles. The average Bonchev–Trinajstić information content (AvgIpc) is 3.39. The molecule has 1 N–H and O–H groups in total. The van der Waals surface area contributed by atoms with Crippen molar-refractivity contribution in [1.29, 1.82) is 0 Å². The standard InChI is InChI=1S/C22H17BrN2O3/c1-27-22(26)16-8-6-15(7-9-16)20-18(13-14-4-10-17(23)11-5-14)21(25-24-20)19-3-2-12-28-19/h2-12H,13H2,1H3,(H,24,25). The lowest BCUT2D eigenvalue weighted by atomic mass is 9.97. The molecule has 28 heavy (non-hydrogen) atoms. The highest BCUT2D eigenvalue weighted by Gasteiger charge is 2.19. The Morgan fingerprint density at radius 1 is 1.11 bits per heavy atom. The second kappa shape index (κ2) is 7.86. The number of ether oxygens (including phenoxy) is 1. The van der Waals surface area contributed by atoms with E-state index < -0.39 is 0 Å². The Balaban J connectivity index is 1.76. The lowest BCUT2D eigenvalue weighted by Gasteiger charge is -2.07. The van der Waals surface area contributed by atoms with E-state index in [0.717, 1.165) is 38.3 Å². The van der Waals surface area contributed by atoms with Gasteiger partial charge >= 0.3 is 5.97 Å². The molecule has 0 unspecified atom stereocenters. The maximum Gasteiger partial charge on any atom is 0.337 e. The van der Waals surface area contributed by atoms with Gasteiger partial charge in [0.1, 0.15) is 5.69 Å². The zero-order valence-corrected chi connectivity index (χ0v) is 16.7. The fraction of sp³-hybridized carbons (Fsp3) is 0.0909. The fourth-order valence-corrected chi connectivity index (χ4v) is 3.35. The molecule has 0 atom stereocenters. The summed E-state index contributed by atoms with van der Waals surface area (Å²) in [5.74, 6) is 0.372. The third kappa shape index (κ3) is 3.64. The number of methoxy groups -OCH3 is 1. The van der Waals surface area contributed by atoms with Gasteiger partial charge in [-0.2, -0.15) is 5.10 Å². The van der Waals surface area contributed by atoms with E-state index >= 15 is 0 Å². The van der Waals surface area contributed by atoms with E-state index in [-0.39, 0.29) is 5.97 Å². The van der Waals surface area contributed by atoms with E-state index in [2.05, 4.69) is 38.3 Å². The molecule has 4 aromatic rings. The van der Waals surface area contributed by atoms with E-state index in [4.69, 9.17) is 9.15 Å². The Morgan fingerprint density at radius 2 is 1.86 bits per heavy atom. The summed E-state index contributed by atoms with van der Waals surface area (Å²) in [6.07, 6.45) is 2.33. The van der Waals surface area contributed by atoms with Crippen molar-refractivity contribution in [2.75, 3.05) is 7.11 Å². The SMILES string of the molecule is COC(=O)c1ccc(-c2n[nH]c(-c3ccco3)c2Cc2ccc(Br)cc2)cc1. The van der Waals surface area contributed by atoms with Crippen LogP contribution in [0.1, 0.15) is 21.5 Å². The number of halogens is 1. The summed E-state index contributed by atoms with van der Waals surface area (Å²) in [7, 11) is 1.37. The minimum Gasteiger partial charge on any atom is -0.465 e. The second-order valence-corrected chi connectivity index (χ2v) is 7.19. The number of carbonyl (C=O) groups is 1. The van der Waals surface area contributed by atoms with Gasteiger partial charge in [-0.3, -0.25) is 5.10 Å². The lowest BCUT2D eigenvalue weighted by Crippen LogP contribution is -2.00. The van der Waals surface area contributed by atoms with Crippen molar-refractivity contribution >= 4 is 21.9 Å². The topological polar surface area (TPSA) is 68.1 Å². The largest absolute Gasteiger partial charge is 0.465 e. The molecule has 0 saturated carbocycles. The maximum atomic E-state index is 11.7. The quantitative estimate of drug-likeness (QED) is 0.420. The molecular formula is C22H17BrN2O3. The maximum absolute atomic E-state index is 11.7. The first-order valence-corrected chi connectivity index (χ1v) is 9.49. The van der Waals surface area contributed by atoms with Crippen molar-refractivity contribution in [1.82, 2.24) is 10.2 Å². The summed E-state index contributed by atoms with van der Waals surface area (Å²) in [5.41, 5.74) is 5.27. The lowest BCUT2D eigenvalue weighted by molar-refractivity contribution is 0.0601. The van der Waals surface area contributed by atoms with Crippen LogP contribution in [0.25, 0.3) is 22.7 Å². The molecule has 0 saturated heterocycles. The number of H-pyrrole nitrogens is 1. The number of nitrogens with zero attached hydrogens (tertiary/aromatic N) is 1. The van der Waals surface area contributed by atoms with Gasteiger partial charge < -0.3 is 9.15 Å². The van der Waals surface area contributed by atoms with E-state index in [1.165, 1.54) is 7.11 Å².